The largest absolute Gasteiger partial charge is 0.502 e. The topological polar surface area (TPSA) is 153 Å². The van der Waals surface area contributed by atoms with E-state index in [0.717, 1.165) is 0 Å². The smallest absolute Gasteiger partial charge is 0.234 e. The zero-order valence-electron chi connectivity index (χ0n) is 16.9. The van der Waals surface area contributed by atoms with Crippen molar-refractivity contribution in [3.05, 3.63) is 35.4 Å². The maximum atomic E-state index is 9.90. The van der Waals surface area contributed by atoms with Gasteiger partial charge in [-0.1, -0.05) is 0 Å². The molecule has 0 aliphatic heterocycles. The Morgan fingerprint density at radius 2 is 1.20 bits per heavy atom. The second-order valence-corrected chi connectivity index (χ2v) is 5.65. The van der Waals surface area contributed by atoms with E-state index in [0.29, 0.717) is 11.1 Å². The van der Waals surface area contributed by atoms with Crippen LogP contribution < -0.4 is 30.1 Å². The van der Waals surface area contributed by atoms with E-state index < -0.39 is 0 Å². The molecule has 0 saturated heterocycles. The second kappa shape index (κ2) is 10.4. The van der Waals surface area contributed by atoms with E-state index in [1.165, 1.54) is 40.9 Å². The van der Waals surface area contributed by atoms with Gasteiger partial charge in [-0.2, -0.15) is 10.2 Å². The quantitative estimate of drug-likeness (QED) is 0.286. The predicted octanol–water partition coefficient (Wildman–Crippen LogP) is 1.40. The minimum Gasteiger partial charge on any atom is -0.502 e. The Balaban J connectivity index is 2.08. The van der Waals surface area contributed by atoms with Crippen molar-refractivity contribution >= 4 is 18.4 Å². The highest BCUT2D eigenvalue weighted by molar-refractivity contribution is 5.86. The summed E-state index contributed by atoms with van der Waals surface area (Å²) in [7, 11) is 5.70. The van der Waals surface area contributed by atoms with Crippen LogP contribution in [0.5, 0.6) is 34.5 Å². The number of phenols is 2. The molecule has 0 heterocycles. The van der Waals surface area contributed by atoms with Crippen molar-refractivity contribution in [2.24, 2.45) is 21.0 Å². The molecule has 0 fully saturated rings. The van der Waals surface area contributed by atoms with Crippen molar-refractivity contribution in [3.8, 4) is 34.5 Å². The summed E-state index contributed by atoms with van der Waals surface area (Å²) in [5.74, 6) is 0.647. The molecule has 0 aliphatic carbocycles. The first-order valence-corrected chi connectivity index (χ1v) is 8.49. The lowest BCUT2D eigenvalue weighted by Crippen LogP contribution is -2.26. The maximum absolute atomic E-state index is 9.90. The predicted molar refractivity (Wildman–Crippen MR) is 112 cm³/mol. The van der Waals surface area contributed by atoms with Crippen LogP contribution in [0.3, 0.4) is 0 Å². The zero-order valence-corrected chi connectivity index (χ0v) is 16.9. The molecule has 0 radical (unpaired) electrons. The third-order valence-electron chi connectivity index (χ3n) is 3.77. The van der Waals surface area contributed by atoms with Crippen LogP contribution in [0.1, 0.15) is 11.1 Å². The number of hydrogen-bond donors (Lipinski definition) is 4. The Labute approximate surface area is 173 Å². The fourth-order valence-corrected chi connectivity index (χ4v) is 2.33. The number of ether oxygens (including phenoxy) is 4. The lowest BCUT2D eigenvalue weighted by Gasteiger charge is -2.09. The highest BCUT2D eigenvalue weighted by atomic mass is 16.5. The molecule has 5 N–H and O–H groups in total. The lowest BCUT2D eigenvalue weighted by atomic mass is 10.2. The first-order chi connectivity index (χ1) is 14.4. The standard InChI is InChI=1S/C19H23N5O6/c1-27-13-5-11(6-14(28-2)17(13)25)9-21-23-19(20)24-22-10-12-7-15(29-3)18(26)16(8-12)30-4/h5-10,25-26H,1-4H3,(H3,20,23,24)/b21-9+,22-10+. The monoisotopic (exact) mass is 417 g/mol. The minimum absolute atomic E-state index is 0.0714. The van der Waals surface area contributed by atoms with Gasteiger partial charge in [0.15, 0.2) is 23.0 Å². The fraction of sp³-hybridized carbons (Fsp3) is 0.211. The highest BCUT2D eigenvalue weighted by Gasteiger charge is 2.11. The maximum Gasteiger partial charge on any atom is 0.234 e. The van der Waals surface area contributed by atoms with E-state index in [9.17, 15) is 10.2 Å². The molecule has 11 nitrogen and oxygen atoms in total. The molecule has 0 spiro atoms. The molecular formula is C19H23N5O6. The van der Waals surface area contributed by atoms with Crippen molar-refractivity contribution in [1.29, 1.82) is 0 Å². The van der Waals surface area contributed by atoms with Crippen LogP contribution in [0, 0.1) is 0 Å². The number of phenolic OH excluding ortho intramolecular Hbond substituents is 2. The van der Waals surface area contributed by atoms with Gasteiger partial charge in [0, 0.05) is 11.1 Å². The second-order valence-electron chi connectivity index (χ2n) is 5.65. The summed E-state index contributed by atoms with van der Waals surface area (Å²) in [5.41, 5.74) is 9.38. The fourth-order valence-electron chi connectivity index (χ4n) is 2.33. The minimum atomic E-state index is -0.112. The van der Waals surface area contributed by atoms with Crippen molar-refractivity contribution in [3.63, 3.8) is 0 Å². The van der Waals surface area contributed by atoms with E-state index in [4.69, 9.17) is 24.7 Å². The molecule has 0 saturated carbocycles. The average molecular weight is 417 g/mol. The Morgan fingerprint density at radius 3 is 1.60 bits per heavy atom. The molecule has 2 aromatic carbocycles. The first-order valence-electron chi connectivity index (χ1n) is 8.49. The van der Waals surface area contributed by atoms with E-state index >= 15 is 0 Å². The summed E-state index contributed by atoms with van der Waals surface area (Å²) >= 11 is 0. The number of hydrazone groups is 1. The number of nitrogens with two attached hydrogens (primary N) is 1. The van der Waals surface area contributed by atoms with Crippen LogP contribution in [0.2, 0.25) is 0 Å². The SMILES string of the molecule is COc1cc(/C=N/N=C(\N)N/N=C/c2cc(OC)c(O)c(OC)c2)cc(OC)c1O. The third kappa shape index (κ3) is 5.44. The Morgan fingerprint density at radius 1 is 0.800 bits per heavy atom. The summed E-state index contributed by atoms with van der Waals surface area (Å²) in [6.07, 6.45) is 2.84. The van der Waals surface area contributed by atoms with Gasteiger partial charge in [-0.15, -0.1) is 5.10 Å². The molecule has 0 atom stereocenters. The number of guanidine groups is 1. The van der Waals surface area contributed by atoms with Crippen molar-refractivity contribution in [2.45, 2.75) is 0 Å². The van der Waals surface area contributed by atoms with Crippen LogP contribution >= 0.6 is 0 Å². The Hall–Kier alpha value is -4.15. The van der Waals surface area contributed by atoms with Crippen LogP contribution in [0.4, 0.5) is 0 Å². The normalized spacial score (nSPS) is 11.7. The molecule has 0 bridgehead atoms. The molecule has 160 valence electrons. The van der Waals surface area contributed by atoms with Crippen LogP contribution in [-0.2, 0) is 0 Å². The molecule has 11 heteroatoms. The molecule has 30 heavy (non-hydrogen) atoms. The van der Waals surface area contributed by atoms with Gasteiger partial charge in [0.25, 0.3) is 0 Å². The van der Waals surface area contributed by atoms with Gasteiger partial charge in [0.2, 0.25) is 17.5 Å². The Kier molecular flexibility index (Phi) is 7.68. The summed E-state index contributed by atoms with van der Waals surface area (Å²) in [5, 5.41) is 31.4. The molecule has 2 rings (SSSR count). The van der Waals surface area contributed by atoms with E-state index in [1.54, 1.807) is 24.3 Å². The van der Waals surface area contributed by atoms with Crippen molar-refractivity contribution in [2.75, 3.05) is 28.4 Å². The first kappa shape index (κ1) is 22.1. The molecule has 0 unspecified atom stereocenters. The van der Waals surface area contributed by atoms with E-state index in [1.807, 2.05) is 0 Å². The molecule has 0 aliphatic rings. The zero-order chi connectivity index (χ0) is 22.1. The molecule has 2 aromatic rings. The number of aromatic hydroxyl groups is 2. The van der Waals surface area contributed by atoms with Gasteiger partial charge in [0.1, 0.15) is 0 Å². The number of methoxy groups -OCH3 is 4. The van der Waals surface area contributed by atoms with Gasteiger partial charge in [-0.05, 0) is 24.3 Å². The van der Waals surface area contributed by atoms with Gasteiger partial charge >= 0.3 is 0 Å². The highest BCUT2D eigenvalue weighted by Crippen LogP contribution is 2.37. The molecule has 0 aromatic heterocycles. The third-order valence-corrected chi connectivity index (χ3v) is 3.77. The summed E-state index contributed by atoms with van der Waals surface area (Å²) in [4.78, 5) is 0. The summed E-state index contributed by atoms with van der Waals surface area (Å²) in [6.45, 7) is 0. The molecule has 0 amide bonds. The number of hydrogen-bond acceptors (Lipinski definition) is 9. The van der Waals surface area contributed by atoms with Crippen LogP contribution in [-0.4, -0.2) is 57.0 Å². The van der Waals surface area contributed by atoms with Crippen molar-refractivity contribution in [1.82, 2.24) is 5.43 Å². The van der Waals surface area contributed by atoms with Gasteiger partial charge in [-0.3, -0.25) is 0 Å². The Bertz CT molecular complexity index is 924. The van der Waals surface area contributed by atoms with Gasteiger partial charge in [-0.25, -0.2) is 5.43 Å². The average Bonchev–Trinajstić information content (AvgIpc) is 2.75. The number of nitrogens with one attached hydrogen (secondary N) is 1. The van der Waals surface area contributed by atoms with Crippen LogP contribution in [0.15, 0.2) is 39.6 Å². The lowest BCUT2D eigenvalue weighted by molar-refractivity contribution is 0.340. The van der Waals surface area contributed by atoms with Gasteiger partial charge in [0.05, 0.1) is 40.9 Å². The number of rotatable bonds is 8. The molecular weight excluding hydrogens is 394 g/mol. The van der Waals surface area contributed by atoms with Gasteiger partial charge < -0.3 is 34.9 Å². The van der Waals surface area contributed by atoms with Crippen molar-refractivity contribution < 1.29 is 29.2 Å². The number of benzene rings is 2. The summed E-state index contributed by atoms with van der Waals surface area (Å²) in [6, 6.07) is 6.26. The van der Waals surface area contributed by atoms with E-state index in [2.05, 4.69) is 20.7 Å². The number of nitrogens with zero attached hydrogens (tertiary/aromatic N) is 3. The van der Waals surface area contributed by atoms with E-state index in [-0.39, 0.29) is 40.5 Å². The summed E-state index contributed by atoms with van der Waals surface area (Å²) < 4.78 is 20.3. The van der Waals surface area contributed by atoms with Crippen LogP contribution in [0.25, 0.3) is 0 Å².